The van der Waals surface area contributed by atoms with Crippen LogP contribution in [0.1, 0.15) is 19.4 Å². The first-order chi connectivity index (χ1) is 15.5. The second-order valence-electron chi connectivity index (χ2n) is 8.53. The Morgan fingerprint density at radius 1 is 0.938 bits per heavy atom. The lowest BCUT2D eigenvalue weighted by molar-refractivity contribution is 0.279. The Balaban J connectivity index is 1.59. The zero-order valence-electron chi connectivity index (χ0n) is 18.0. The standard InChI is InChI=1S/C26H22BFN2O2/c1-26(2)17-31-25(30-26)19-8-3-10-20(15-19)27(21-11-5-12-22(28)16-21)32-23-13-4-7-18-9-6-14-29-24(18)23/h3-16H,17H2,1-2H3. The number of halogens is 1. The third kappa shape index (κ3) is 4.08. The minimum Gasteiger partial charge on any atom is -0.550 e. The predicted octanol–water partition coefficient (Wildman–Crippen LogP) is 4.11. The molecule has 0 atom stereocenters. The van der Waals surface area contributed by atoms with E-state index in [0.29, 0.717) is 23.7 Å². The molecule has 4 nitrogen and oxygen atoms in total. The smallest absolute Gasteiger partial charge is 0.426 e. The molecule has 32 heavy (non-hydrogen) atoms. The number of pyridine rings is 1. The van der Waals surface area contributed by atoms with Crippen molar-refractivity contribution in [2.24, 2.45) is 4.99 Å². The molecule has 0 saturated heterocycles. The molecule has 2 heterocycles. The van der Waals surface area contributed by atoms with Crippen molar-refractivity contribution in [3.8, 4) is 5.75 Å². The molecule has 5 rings (SSSR count). The van der Waals surface area contributed by atoms with E-state index >= 15 is 0 Å². The van der Waals surface area contributed by atoms with Crippen LogP contribution >= 0.6 is 0 Å². The first-order valence-corrected chi connectivity index (χ1v) is 10.6. The molecule has 0 radical (unpaired) electrons. The van der Waals surface area contributed by atoms with E-state index in [1.807, 2.05) is 74.5 Å². The summed E-state index contributed by atoms with van der Waals surface area (Å²) < 4.78 is 26.5. The van der Waals surface area contributed by atoms with Crippen molar-refractivity contribution < 1.29 is 13.8 Å². The SMILES string of the molecule is CC1(C)COC(c2cccc(B(Oc3cccc4cccnc34)c3cccc(F)c3)c2)=N1. The number of aliphatic imine (C=N–C) groups is 1. The molecule has 0 unspecified atom stereocenters. The van der Waals surface area contributed by atoms with E-state index in [1.165, 1.54) is 12.1 Å². The molecule has 1 aliphatic heterocycles. The summed E-state index contributed by atoms with van der Waals surface area (Å²) in [4.78, 5) is 9.18. The molecule has 0 saturated carbocycles. The number of para-hydroxylation sites is 1. The molecule has 0 spiro atoms. The van der Waals surface area contributed by atoms with Gasteiger partial charge in [0.15, 0.2) is 0 Å². The van der Waals surface area contributed by atoms with Gasteiger partial charge in [-0.3, -0.25) is 4.98 Å². The van der Waals surface area contributed by atoms with Crippen LogP contribution in [0.4, 0.5) is 4.39 Å². The van der Waals surface area contributed by atoms with Gasteiger partial charge in [-0.2, -0.15) is 0 Å². The van der Waals surface area contributed by atoms with Crippen molar-refractivity contribution in [1.29, 1.82) is 0 Å². The lowest BCUT2D eigenvalue weighted by Crippen LogP contribution is -2.48. The summed E-state index contributed by atoms with van der Waals surface area (Å²) in [5.41, 5.74) is 2.96. The molecule has 0 aliphatic carbocycles. The number of aromatic nitrogens is 1. The van der Waals surface area contributed by atoms with Gasteiger partial charge in [-0.25, -0.2) is 9.38 Å². The third-order valence-electron chi connectivity index (χ3n) is 5.39. The van der Waals surface area contributed by atoms with Crippen molar-refractivity contribution in [1.82, 2.24) is 4.98 Å². The van der Waals surface area contributed by atoms with Gasteiger partial charge < -0.3 is 9.39 Å². The minimum atomic E-state index is -0.534. The van der Waals surface area contributed by atoms with Crippen LogP contribution in [0.25, 0.3) is 10.9 Å². The predicted molar refractivity (Wildman–Crippen MR) is 127 cm³/mol. The molecule has 158 valence electrons. The van der Waals surface area contributed by atoms with E-state index in [2.05, 4.69) is 9.98 Å². The summed E-state index contributed by atoms with van der Waals surface area (Å²) in [6.07, 6.45) is 1.74. The number of fused-ring (bicyclic) bond motifs is 1. The van der Waals surface area contributed by atoms with E-state index < -0.39 is 6.92 Å². The zero-order chi connectivity index (χ0) is 22.1. The molecular formula is C26H22BFN2O2. The molecule has 1 aliphatic rings. The van der Waals surface area contributed by atoms with Crippen LogP contribution in [-0.2, 0) is 4.74 Å². The van der Waals surface area contributed by atoms with Crippen LogP contribution in [-0.4, -0.2) is 29.9 Å². The highest BCUT2D eigenvalue weighted by Gasteiger charge is 2.29. The van der Waals surface area contributed by atoms with E-state index in [-0.39, 0.29) is 11.4 Å². The first-order valence-electron chi connectivity index (χ1n) is 10.6. The van der Waals surface area contributed by atoms with E-state index in [4.69, 9.17) is 9.39 Å². The highest BCUT2D eigenvalue weighted by molar-refractivity contribution is 6.80. The van der Waals surface area contributed by atoms with Crippen molar-refractivity contribution >= 4 is 34.6 Å². The fourth-order valence-electron chi connectivity index (χ4n) is 3.86. The Hall–Kier alpha value is -3.67. The molecule has 0 N–H and O–H groups in total. The van der Waals surface area contributed by atoms with Crippen molar-refractivity contribution in [3.63, 3.8) is 0 Å². The highest BCUT2D eigenvalue weighted by Crippen LogP contribution is 2.24. The molecular weight excluding hydrogens is 402 g/mol. The third-order valence-corrected chi connectivity index (χ3v) is 5.39. The number of nitrogens with zero attached hydrogens (tertiary/aromatic N) is 2. The Kier molecular flexibility index (Phi) is 5.13. The lowest BCUT2D eigenvalue weighted by atomic mass is 9.55. The van der Waals surface area contributed by atoms with Crippen LogP contribution in [0, 0.1) is 5.82 Å². The number of benzene rings is 3. The molecule has 4 aromatic rings. The summed E-state index contributed by atoms with van der Waals surface area (Å²) in [5, 5.41) is 0.979. The molecule has 0 fully saturated rings. The second-order valence-corrected chi connectivity index (χ2v) is 8.53. The second kappa shape index (κ2) is 8.11. The average molecular weight is 424 g/mol. The zero-order valence-corrected chi connectivity index (χ0v) is 18.0. The Bertz CT molecular complexity index is 1320. The maximum Gasteiger partial charge on any atom is 0.426 e. The summed E-state index contributed by atoms with van der Waals surface area (Å²) in [6, 6.07) is 24.1. The van der Waals surface area contributed by atoms with Crippen LogP contribution in [0.5, 0.6) is 5.75 Å². The van der Waals surface area contributed by atoms with Gasteiger partial charge in [0.05, 0.1) is 5.54 Å². The van der Waals surface area contributed by atoms with Gasteiger partial charge in [-0.1, -0.05) is 48.5 Å². The van der Waals surface area contributed by atoms with Gasteiger partial charge in [0.25, 0.3) is 0 Å². The van der Waals surface area contributed by atoms with Gasteiger partial charge >= 0.3 is 6.92 Å². The van der Waals surface area contributed by atoms with E-state index in [9.17, 15) is 4.39 Å². The number of ether oxygens (including phenoxy) is 1. The Morgan fingerprint density at radius 2 is 1.69 bits per heavy atom. The van der Waals surface area contributed by atoms with Crippen molar-refractivity contribution in [2.45, 2.75) is 19.4 Å². The van der Waals surface area contributed by atoms with Gasteiger partial charge in [0.1, 0.15) is 23.7 Å². The largest absolute Gasteiger partial charge is 0.550 e. The Morgan fingerprint density at radius 3 is 2.47 bits per heavy atom. The van der Waals surface area contributed by atoms with E-state index in [1.54, 1.807) is 12.3 Å². The topological polar surface area (TPSA) is 43.7 Å². The molecule has 0 bridgehead atoms. The maximum atomic E-state index is 14.1. The van der Waals surface area contributed by atoms with Crippen LogP contribution in [0.15, 0.2) is 90.1 Å². The molecule has 0 amide bonds. The monoisotopic (exact) mass is 424 g/mol. The van der Waals surface area contributed by atoms with E-state index in [0.717, 1.165) is 21.9 Å². The molecule has 1 aromatic heterocycles. The number of rotatable bonds is 5. The summed E-state index contributed by atoms with van der Waals surface area (Å²) in [7, 11) is 0. The minimum absolute atomic E-state index is 0.252. The number of hydrogen-bond donors (Lipinski definition) is 0. The molecule has 3 aromatic carbocycles. The summed E-state index contributed by atoms with van der Waals surface area (Å²) in [6.45, 7) is 4.08. The Labute approximate surface area is 186 Å². The normalized spacial score (nSPS) is 14.7. The van der Waals surface area contributed by atoms with Crippen LogP contribution in [0.3, 0.4) is 0 Å². The maximum absolute atomic E-state index is 14.1. The van der Waals surface area contributed by atoms with Gasteiger partial charge in [-0.05, 0) is 55.1 Å². The van der Waals surface area contributed by atoms with Crippen molar-refractivity contribution in [3.05, 3.63) is 96.4 Å². The van der Waals surface area contributed by atoms with Crippen molar-refractivity contribution in [2.75, 3.05) is 6.61 Å². The summed E-state index contributed by atoms with van der Waals surface area (Å²) >= 11 is 0. The fourth-order valence-corrected chi connectivity index (χ4v) is 3.86. The number of hydrogen-bond acceptors (Lipinski definition) is 4. The summed E-state index contributed by atoms with van der Waals surface area (Å²) in [5.74, 6) is 0.938. The van der Waals surface area contributed by atoms with Crippen LogP contribution in [0.2, 0.25) is 0 Å². The van der Waals surface area contributed by atoms with Crippen LogP contribution < -0.4 is 15.6 Å². The van der Waals surface area contributed by atoms with Gasteiger partial charge in [0.2, 0.25) is 5.90 Å². The quantitative estimate of drug-likeness (QED) is 0.453. The first kappa shape index (κ1) is 20.2. The van der Waals surface area contributed by atoms with Gasteiger partial charge in [-0.15, -0.1) is 0 Å². The lowest BCUT2D eigenvalue weighted by Gasteiger charge is -2.18. The highest BCUT2D eigenvalue weighted by atomic mass is 19.1. The fraction of sp³-hybridized carbons (Fsp3) is 0.154. The van der Waals surface area contributed by atoms with Gasteiger partial charge in [0, 0.05) is 17.1 Å². The average Bonchev–Trinajstić information content (AvgIpc) is 3.17. The molecule has 6 heteroatoms.